The van der Waals surface area contributed by atoms with E-state index in [1.807, 2.05) is 0 Å². The van der Waals surface area contributed by atoms with E-state index < -0.39 is 0 Å². The standard InChI is InChI=1S/C18H31N/c1-7-17-11-10-16(6)18(13-17)9-8-12-19(14(2)3)15(4)5/h10-11,13-15H,7-9,12H2,1-6H3. The quantitative estimate of drug-likeness (QED) is 0.693. The number of rotatable bonds is 7. The highest BCUT2D eigenvalue weighted by Crippen LogP contribution is 2.15. The monoisotopic (exact) mass is 261 g/mol. The number of hydrogen-bond donors (Lipinski definition) is 0. The first kappa shape index (κ1) is 16.2. The van der Waals surface area contributed by atoms with E-state index in [0.29, 0.717) is 12.1 Å². The number of benzene rings is 1. The van der Waals surface area contributed by atoms with Gasteiger partial charge in [0.2, 0.25) is 0 Å². The molecule has 0 saturated carbocycles. The van der Waals surface area contributed by atoms with Crippen molar-refractivity contribution in [3.63, 3.8) is 0 Å². The van der Waals surface area contributed by atoms with Gasteiger partial charge in [0.1, 0.15) is 0 Å². The van der Waals surface area contributed by atoms with Crippen LogP contribution in [-0.4, -0.2) is 23.5 Å². The van der Waals surface area contributed by atoms with Crippen molar-refractivity contribution in [1.29, 1.82) is 0 Å². The molecule has 1 aromatic rings. The summed E-state index contributed by atoms with van der Waals surface area (Å²) in [5.41, 5.74) is 4.44. The fourth-order valence-electron chi connectivity index (χ4n) is 2.78. The minimum absolute atomic E-state index is 0.642. The fourth-order valence-corrected chi connectivity index (χ4v) is 2.78. The number of hydrogen-bond acceptors (Lipinski definition) is 1. The molecule has 0 saturated heterocycles. The Hall–Kier alpha value is -0.820. The van der Waals surface area contributed by atoms with E-state index in [1.54, 1.807) is 0 Å². The van der Waals surface area contributed by atoms with E-state index in [1.165, 1.54) is 36.1 Å². The van der Waals surface area contributed by atoms with Gasteiger partial charge in [-0.25, -0.2) is 0 Å². The van der Waals surface area contributed by atoms with Crippen LogP contribution >= 0.6 is 0 Å². The SMILES string of the molecule is CCc1ccc(C)c(CCCN(C(C)C)C(C)C)c1. The maximum absolute atomic E-state index is 2.58. The zero-order valence-electron chi connectivity index (χ0n) is 13.7. The summed E-state index contributed by atoms with van der Waals surface area (Å²) in [4.78, 5) is 2.58. The molecule has 0 unspecified atom stereocenters. The summed E-state index contributed by atoms with van der Waals surface area (Å²) in [5, 5.41) is 0. The summed E-state index contributed by atoms with van der Waals surface area (Å²) in [5.74, 6) is 0. The third-order valence-electron chi connectivity index (χ3n) is 4.01. The normalized spacial score (nSPS) is 11.8. The van der Waals surface area contributed by atoms with Crippen LogP contribution in [0.1, 0.15) is 57.7 Å². The van der Waals surface area contributed by atoms with Crippen LogP contribution in [0.5, 0.6) is 0 Å². The van der Waals surface area contributed by atoms with Crippen LogP contribution in [0.2, 0.25) is 0 Å². The molecule has 0 N–H and O–H groups in total. The first-order chi connectivity index (χ1) is 8.95. The second-order valence-electron chi connectivity index (χ2n) is 6.14. The number of nitrogens with zero attached hydrogens (tertiary/aromatic N) is 1. The Labute approximate surface area is 120 Å². The third kappa shape index (κ3) is 4.99. The van der Waals surface area contributed by atoms with Crippen LogP contribution in [0.15, 0.2) is 18.2 Å². The van der Waals surface area contributed by atoms with E-state index in [9.17, 15) is 0 Å². The summed E-state index contributed by atoms with van der Waals surface area (Å²) >= 11 is 0. The van der Waals surface area contributed by atoms with Crippen LogP contribution in [0, 0.1) is 6.92 Å². The Balaban J connectivity index is 2.57. The van der Waals surface area contributed by atoms with Crippen LogP contribution in [0.3, 0.4) is 0 Å². The van der Waals surface area contributed by atoms with Gasteiger partial charge in [0.25, 0.3) is 0 Å². The molecule has 0 aliphatic carbocycles. The topological polar surface area (TPSA) is 3.24 Å². The van der Waals surface area contributed by atoms with Gasteiger partial charge in [0.05, 0.1) is 0 Å². The van der Waals surface area contributed by atoms with Gasteiger partial charge in [0.15, 0.2) is 0 Å². The zero-order chi connectivity index (χ0) is 14.4. The van der Waals surface area contributed by atoms with Gasteiger partial charge in [-0.05, 0) is 77.1 Å². The van der Waals surface area contributed by atoms with Crippen molar-refractivity contribution in [1.82, 2.24) is 4.90 Å². The Morgan fingerprint density at radius 1 is 1.05 bits per heavy atom. The molecule has 0 aromatic heterocycles. The average molecular weight is 261 g/mol. The van der Waals surface area contributed by atoms with Crippen molar-refractivity contribution in [2.45, 2.75) is 72.9 Å². The second-order valence-corrected chi connectivity index (χ2v) is 6.14. The molecule has 0 radical (unpaired) electrons. The van der Waals surface area contributed by atoms with Gasteiger partial charge in [-0.3, -0.25) is 4.90 Å². The summed E-state index contributed by atoms with van der Waals surface area (Å²) < 4.78 is 0. The first-order valence-electron chi connectivity index (χ1n) is 7.79. The lowest BCUT2D eigenvalue weighted by atomic mass is 9.99. The summed E-state index contributed by atoms with van der Waals surface area (Å²) in [6, 6.07) is 8.21. The molecule has 0 aliphatic heterocycles. The molecule has 0 atom stereocenters. The summed E-state index contributed by atoms with van der Waals surface area (Å²) in [6.45, 7) is 14.8. The lowest BCUT2D eigenvalue weighted by molar-refractivity contribution is 0.173. The molecule has 0 heterocycles. The smallest absolute Gasteiger partial charge is 0.00412 e. The molecule has 1 heteroatoms. The van der Waals surface area contributed by atoms with Crippen molar-refractivity contribution in [3.05, 3.63) is 34.9 Å². The van der Waals surface area contributed by atoms with E-state index >= 15 is 0 Å². The van der Waals surface area contributed by atoms with Crippen LogP contribution in [-0.2, 0) is 12.8 Å². The first-order valence-corrected chi connectivity index (χ1v) is 7.79. The fraction of sp³-hybridized carbons (Fsp3) is 0.667. The molecule has 0 amide bonds. The molecule has 1 nitrogen and oxygen atoms in total. The van der Waals surface area contributed by atoms with Gasteiger partial charge >= 0.3 is 0 Å². The molecular formula is C18H31N. The van der Waals surface area contributed by atoms with Crippen molar-refractivity contribution in [2.24, 2.45) is 0 Å². The van der Waals surface area contributed by atoms with Crippen molar-refractivity contribution in [3.8, 4) is 0 Å². The van der Waals surface area contributed by atoms with Crippen molar-refractivity contribution >= 4 is 0 Å². The van der Waals surface area contributed by atoms with Crippen molar-refractivity contribution < 1.29 is 0 Å². The molecule has 0 fully saturated rings. The highest BCUT2D eigenvalue weighted by molar-refractivity contribution is 5.31. The minimum Gasteiger partial charge on any atom is -0.299 e. The average Bonchev–Trinajstić information content (AvgIpc) is 2.35. The maximum Gasteiger partial charge on any atom is 0.00412 e. The minimum atomic E-state index is 0.642. The molecule has 1 aromatic carbocycles. The third-order valence-corrected chi connectivity index (χ3v) is 4.01. The van der Waals surface area contributed by atoms with E-state index in [-0.39, 0.29) is 0 Å². The Morgan fingerprint density at radius 3 is 2.21 bits per heavy atom. The maximum atomic E-state index is 2.58. The Kier molecular flexibility index (Phi) is 6.57. The molecule has 1 rings (SSSR count). The lowest BCUT2D eigenvalue weighted by Crippen LogP contribution is -2.37. The second kappa shape index (κ2) is 7.69. The van der Waals surface area contributed by atoms with E-state index in [2.05, 4.69) is 64.6 Å². The van der Waals surface area contributed by atoms with Gasteiger partial charge in [-0.2, -0.15) is 0 Å². The van der Waals surface area contributed by atoms with Crippen LogP contribution in [0.4, 0.5) is 0 Å². The lowest BCUT2D eigenvalue weighted by Gasteiger charge is -2.30. The molecule has 0 aliphatic rings. The van der Waals surface area contributed by atoms with E-state index in [4.69, 9.17) is 0 Å². The van der Waals surface area contributed by atoms with E-state index in [0.717, 1.165) is 6.42 Å². The van der Waals surface area contributed by atoms with Crippen LogP contribution in [0.25, 0.3) is 0 Å². The summed E-state index contributed by atoms with van der Waals surface area (Å²) in [6.07, 6.45) is 3.59. The molecule has 0 spiro atoms. The summed E-state index contributed by atoms with van der Waals surface area (Å²) in [7, 11) is 0. The van der Waals surface area contributed by atoms with Crippen molar-refractivity contribution in [2.75, 3.05) is 6.54 Å². The van der Waals surface area contributed by atoms with Gasteiger partial charge in [-0.15, -0.1) is 0 Å². The Morgan fingerprint density at radius 2 is 1.68 bits per heavy atom. The molecule has 0 bridgehead atoms. The molecule has 19 heavy (non-hydrogen) atoms. The van der Waals surface area contributed by atoms with Gasteiger partial charge in [-0.1, -0.05) is 25.1 Å². The molecule has 108 valence electrons. The number of aryl methyl sites for hydroxylation is 3. The predicted molar refractivity (Wildman–Crippen MR) is 85.9 cm³/mol. The molecular weight excluding hydrogens is 230 g/mol. The Bertz CT molecular complexity index is 371. The highest BCUT2D eigenvalue weighted by atomic mass is 15.2. The predicted octanol–water partition coefficient (Wildman–Crippen LogP) is 4.61. The van der Waals surface area contributed by atoms with Gasteiger partial charge < -0.3 is 0 Å². The van der Waals surface area contributed by atoms with Gasteiger partial charge in [0, 0.05) is 12.1 Å². The highest BCUT2D eigenvalue weighted by Gasteiger charge is 2.12. The van der Waals surface area contributed by atoms with Crippen LogP contribution < -0.4 is 0 Å². The zero-order valence-corrected chi connectivity index (χ0v) is 13.7. The largest absolute Gasteiger partial charge is 0.299 e.